The number of rotatable bonds is 4. The average molecular weight is 298 g/mol. The quantitative estimate of drug-likeness (QED) is 0.850. The van der Waals surface area contributed by atoms with Gasteiger partial charge in [-0.2, -0.15) is 18.2 Å². The molecule has 0 radical (unpaired) electrons. The van der Waals surface area contributed by atoms with Gasteiger partial charge in [0.25, 0.3) is 0 Å². The van der Waals surface area contributed by atoms with E-state index in [4.69, 9.17) is 4.74 Å². The second-order valence-corrected chi connectivity index (χ2v) is 6.02. The monoisotopic (exact) mass is 298 g/mol. The fraction of sp³-hybridized carbons (Fsp3) is 0.500. The number of nitrogens with zero attached hydrogens (tertiary/aromatic N) is 2. The van der Waals surface area contributed by atoms with Crippen molar-refractivity contribution >= 4 is 15.8 Å². The largest absolute Gasteiger partial charge is 0.481 e. The molecule has 1 rings (SSSR count). The zero-order valence-electron chi connectivity index (χ0n) is 10.5. The van der Waals surface area contributed by atoms with E-state index < -0.39 is 21.4 Å². The van der Waals surface area contributed by atoms with Crippen LogP contribution >= 0.6 is 0 Å². The summed E-state index contributed by atoms with van der Waals surface area (Å²) in [5.41, 5.74) is 0. The summed E-state index contributed by atoms with van der Waals surface area (Å²) in [6.45, 7) is 0.589. The normalized spacial score (nSPS) is 14.0. The van der Waals surface area contributed by atoms with Crippen molar-refractivity contribution in [2.75, 3.05) is 18.5 Å². The second kappa shape index (κ2) is 5.24. The number of pyridine rings is 1. The number of hydrogen-bond acceptors (Lipinski definition) is 4. The highest BCUT2D eigenvalue weighted by molar-refractivity contribution is 7.93. The minimum atomic E-state index is -4.84. The van der Waals surface area contributed by atoms with Gasteiger partial charge in [0, 0.05) is 13.1 Å². The second-order valence-electron chi connectivity index (χ2n) is 3.73. The first kappa shape index (κ1) is 15.5. The number of anilines is 1. The van der Waals surface area contributed by atoms with Crippen molar-refractivity contribution < 1.29 is 26.3 Å². The number of aromatic nitrogens is 1. The van der Waals surface area contributed by atoms with Crippen LogP contribution < -0.4 is 9.04 Å². The molecule has 1 atom stereocenters. The van der Waals surface area contributed by atoms with E-state index in [-0.39, 0.29) is 11.7 Å². The van der Waals surface area contributed by atoms with Crippen molar-refractivity contribution in [1.29, 1.82) is 0 Å². The number of hydrogen-bond donors (Lipinski definition) is 0. The van der Waals surface area contributed by atoms with Gasteiger partial charge in [-0.1, -0.05) is 6.07 Å². The van der Waals surface area contributed by atoms with Crippen LogP contribution in [0.4, 0.5) is 19.0 Å². The van der Waals surface area contributed by atoms with Gasteiger partial charge in [-0.05, 0) is 13.0 Å². The van der Waals surface area contributed by atoms with E-state index in [2.05, 4.69) is 4.98 Å². The molecule has 1 heterocycles. The molecule has 1 aromatic heterocycles. The molecule has 108 valence electrons. The molecule has 0 unspecified atom stereocenters. The standard InChI is InChI=1S/C10H13F3N2O3S/c1-7(10(11,12)13)19(16,17)15(2)8-5-4-6-9(14-8)18-3/h4-7H,1-3H3/t7-/m1/s1. The lowest BCUT2D eigenvalue weighted by Crippen LogP contribution is -2.43. The number of sulfonamides is 1. The van der Waals surface area contributed by atoms with Gasteiger partial charge in [0.2, 0.25) is 15.9 Å². The highest BCUT2D eigenvalue weighted by Gasteiger charge is 2.47. The highest BCUT2D eigenvalue weighted by atomic mass is 32.2. The molecule has 0 amide bonds. The van der Waals surface area contributed by atoms with Crippen LogP contribution in [0.1, 0.15) is 6.92 Å². The maximum absolute atomic E-state index is 12.5. The van der Waals surface area contributed by atoms with Crippen molar-refractivity contribution in [3.05, 3.63) is 18.2 Å². The summed E-state index contributed by atoms with van der Waals surface area (Å²) in [6.07, 6.45) is -4.84. The zero-order chi connectivity index (χ0) is 14.8. The molecule has 0 aromatic carbocycles. The molecule has 0 aliphatic rings. The summed E-state index contributed by atoms with van der Waals surface area (Å²) < 4.78 is 66.4. The Morgan fingerprint density at radius 1 is 1.37 bits per heavy atom. The maximum Gasteiger partial charge on any atom is 0.407 e. The van der Waals surface area contributed by atoms with Crippen LogP contribution in [0, 0.1) is 0 Å². The van der Waals surface area contributed by atoms with E-state index in [0.29, 0.717) is 11.2 Å². The van der Waals surface area contributed by atoms with Gasteiger partial charge < -0.3 is 4.74 Å². The van der Waals surface area contributed by atoms with Crippen molar-refractivity contribution in [3.63, 3.8) is 0 Å². The van der Waals surface area contributed by atoms with Crippen molar-refractivity contribution in [3.8, 4) is 5.88 Å². The molecule has 0 aliphatic heterocycles. The lowest BCUT2D eigenvalue weighted by molar-refractivity contribution is -0.126. The highest BCUT2D eigenvalue weighted by Crippen LogP contribution is 2.29. The SMILES string of the molecule is COc1cccc(N(C)S(=O)(=O)[C@H](C)C(F)(F)F)n1. The first-order chi connectivity index (χ1) is 8.60. The Bertz CT molecular complexity index is 545. The number of ether oxygens (including phenoxy) is 1. The van der Waals surface area contributed by atoms with E-state index in [9.17, 15) is 21.6 Å². The van der Waals surface area contributed by atoms with Crippen molar-refractivity contribution in [2.45, 2.75) is 18.3 Å². The van der Waals surface area contributed by atoms with Gasteiger partial charge in [0.1, 0.15) is 5.82 Å². The van der Waals surface area contributed by atoms with Crippen molar-refractivity contribution in [1.82, 2.24) is 4.98 Å². The first-order valence-electron chi connectivity index (χ1n) is 5.16. The van der Waals surface area contributed by atoms with Gasteiger partial charge >= 0.3 is 6.18 Å². The summed E-state index contributed by atoms with van der Waals surface area (Å²) in [4.78, 5) is 3.78. The molecule has 0 saturated carbocycles. The Morgan fingerprint density at radius 3 is 2.42 bits per heavy atom. The molecule has 0 fully saturated rings. The minimum absolute atomic E-state index is 0.110. The van der Waals surface area contributed by atoms with Gasteiger partial charge in [-0.15, -0.1) is 0 Å². The summed E-state index contributed by atoms with van der Waals surface area (Å²) in [5, 5.41) is -2.52. The van der Waals surface area contributed by atoms with E-state index >= 15 is 0 Å². The minimum Gasteiger partial charge on any atom is -0.481 e. The van der Waals surface area contributed by atoms with Crippen LogP contribution in [0.2, 0.25) is 0 Å². The third-order valence-electron chi connectivity index (χ3n) is 2.53. The van der Waals surface area contributed by atoms with Gasteiger partial charge in [0.05, 0.1) is 7.11 Å². The van der Waals surface area contributed by atoms with E-state index in [1.807, 2.05) is 0 Å². The van der Waals surface area contributed by atoms with Crippen LogP contribution in [0.25, 0.3) is 0 Å². The summed E-state index contributed by atoms with van der Waals surface area (Å²) in [6, 6.07) is 4.17. The zero-order valence-corrected chi connectivity index (χ0v) is 11.3. The predicted octanol–water partition coefficient (Wildman–Crippen LogP) is 1.81. The van der Waals surface area contributed by atoms with Crippen LogP contribution in [0.15, 0.2) is 18.2 Å². The molecule has 0 spiro atoms. The van der Waals surface area contributed by atoms with Crippen molar-refractivity contribution in [2.24, 2.45) is 0 Å². The Hall–Kier alpha value is -1.51. The van der Waals surface area contributed by atoms with Crippen LogP contribution in [0.3, 0.4) is 0 Å². The van der Waals surface area contributed by atoms with Crippen LogP contribution in [-0.2, 0) is 10.0 Å². The summed E-state index contributed by atoms with van der Waals surface area (Å²) in [5.74, 6) is -0.0327. The Kier molecular flexibility index (Phi) is 4.28. The summed E-state index contributed by atoms with van der Waals surface area (Å²) in [7, 11) is -2.25. The van der Waals surface area contributed by atoms with E-state index in [1.54, 1.807) is 0 Å². The predicted molar refractivity (Wildman–Crippen MR) is 63.6 cm³/mol. The topological polar surface area (TPSA) is 59.5 Å². The third kappa shape index (κ3) is 3.28. The van der Waals surface area contributed by atoms with Gasteiger partial charge in [0.15, 0.2) is 5.25 Å². The average Bonchev–Trinajstić information content (AvgIpc) is 2.35. The number of halogens is 3. The van der Waals surface area contributed by atoms with E-state index in [0.717, 1.165) is 7.05 Å². The maximum atomic E-state index is 12.5. The Labute approximate surface area is 109 Å². The molecule has 5 nitrogen and oxygen atoms in total. The molecular formula is C10H13F3N2O3S. The fourth-order valence-electron chi connectivity index (χ4n) is 1.23. The molecule has 0 aliphatic carbocycles. The number of methoxy groups -OCH3 is 1. The lowest BCUT2D eigenvalue weighted by Gasteiger charge is -2.24. The number of alkyl halides is 3. The van der Waals surface area contributed by atoms with E-state index in [1.165, 1.54) is 25.3 Å². The first-order valence-corrected chi connectivity index (χ1v) is 6.66. The molecule has 1 aromatic rings. The molecule has 19 heavy (non-hydrogen) atoms. The van der Waals surface area contributed by atoms with Gasteiger partial charge in [-0.3, -0.25) is 4.31 Å². The Morgan fingerprint density at radius 2 is 1.95 bits per heavy atom. The third-order valence-corrected chi connectivity index (χ3v) is 4.64. The Balaban J connectivity index is 3.14. The summed E-state index contributed by atoms with van der Waals surface area (Å²) >= 11 is 0. The molecule has 0 N–H and O–H groups in total. The smallest absolute Gasteiger partial charge is 0.407 e. The molecule has 9 heteroatoms. The molecule has 0 saturated heterocycles. The fourth-order valence-corrected chi connectivity index (χ4v) is 2.40. The van der Waals surface area contributed by atoms with Crippen LogP contribution in [0.5, 0.6) is 5.88 Å². The van der Waals surface area contributed by atoms with Gasteiger partial charge in [-0.25, -0.2) is 8.42 Å². The molecular weight excluding hydrogens is 285 g/mol. The molecule has 0 bridgehead atoms. The lowest BCUT2D eigenvalue weighted by atomic mass is 10.4. The van der Waals surface area contributed by atoms with Crippen LogP contribution in [-0.4, -0.2) is 39.0 Å².